The predicted octanol–water partition coefficient (Wildman–Crippen LogP) is 3.47. The third-order valence-electron chi connectivity index (χ3n) is 5.75. The molecule has 12 nitrogen and oxygen atoms in total. The molecular weight excluding hydrogens is 535 g/mol. The van der Waals surface area contributed by atoms with E-state index in [-0.39, 0.29) is 40.9 Å². The van der Waals surface area contributed by atoms with Crippen LogP contribution in [0.15, 0.2) is 40.8 Å². The second-order valence-corrected chi connectivity index (χ2v) is 8.79. The lowest BCUT2D eigenvalue weighted by atomic mass is 10.2. The fourth-order valence-electron chi connectivity index (χ4n) is 3.78. The Hall–Kier alpha value is -4.39. The molecule has 0 radical (unpaired) electrons. The number of nitrogens with zero attached hydrogens (tertiary/aromatic N) is 4. The summed E-state index contributed by atoms with van der Waals surface area (Å²) in [4.78, 5) is 39.6. The molecule has 2 heterocycles. The highest BCUT2D eigenvalue weighted by atomic mass is 35.5. The van der Waals surface area contributed by atoms with Gasteiger partial charge in [0.15, 0.2) is 6.61 Å². The van der Waals surface area contributed by atoms with Gasteiger partial charge in [-0.2, -0.15) is 0 Å². The number of rotatable bonds is 9. The largest absolute Gasteiger partial charge is 0.480 e. The summed E-state index contributed by atoms with van der Waals surface area (Å²) < 4.78 is 29.8. The molecular formula is C25H26ClFN6O6. The van der Waals surface area contributed by atoms with Crippen molar-refractivity contribution in [2.75, 3.05) is 54.9 Å². The van der Waals surface area contributed by atoms with Crippen molar-refractivity contribution in [1.29, 1.82) is 0 Å². The molecule has 0 atom stereocenters. The summed E-state index contributed by atoms with van der Waals surface area (Å²) in [6, 6.07) is 9.15. The molecule has 0 aliphatic carbocycles. The molecule has 3 aromatic rings. The van der Waals surface area contributed by atoms with Gasteiger partial charge in [-0.15, -0.1) is 5.10 Å². The van der Waals surface area contributed by atoms with E-state index < -0.39 is 24.3 Å². The summed E-state index contributed by atoms with van der Waals surface area (Å²) in [5, 5.41) is 12.6. The van der Waals surface area contributed by atoms with Gasteiger partial charge in [0.05, 0.1) is 17.3 Å². The molecule has 0 bridgehead atoms. The van der Waals surface area contributed by atoms with Gasteiger partial charge < -0.3 is 34.3 Å². The summed E-state index contributed by atoms with van der Waals surface area (Å²) in [6.07, 6.45) is 0. The monoisotopic (exact) mass is 560 g/mol. The van der Waals surface area contributed by atoms with Crippen molar-refractivity contribution in [3.8, 4) is 5.75 Å². The SMILES string of the molecule is CCOC(=O)COc1cc(Nc2nnc(C(=O)Nc3ccc(N4CCN(C(C)=O)CC4)cc3)o2)c(F)cc1Cl. The highest BCUT2D eigenvalue weighted by Crippen LogP contribution is 2.32. The third kappa shape index (κ3) is 7.13. The maximum Gasteiger partial charge on any atom is 0.344 e. The molecule has 2 aromatic carbocycles. The minimum atomic E-state index is -0.754. The number of benzene rings is 2. The van der Waals surface area contributed by atoms with Crippen molar-refractivity contribution in [2.45, 2.75) is 13.8 Å². The van der Waals surface area contributed by atoms with Gasteiger partial charge in [0.2, 0.25) is 5.91 Å². The topological polar surface area (TPSA) is 139 Å². The number of nitrogens with one attached hydrogen (secondary N) is 2. The zero-order chi connectivity index (χ0) is 27.9. The first-order chi connectivity index (χ1) is 18.7. The van der Waals surface area contributed by atoms with Crippen LogP contribution in [0.5, 0.6) is 5.75 Å². The van der Waals surface area contributed by atoms with Crippen LogP contribution < -0.4 is 20.3 Å². The Morgan fingerprint density at radius 3 is 2.49 bits per heavy atom. The molecule has 0 spiro atoms. The van der Waals surface area contributed by atoms with Crippen LogP contribution in [0.4, 0.5) is 27.5 Å². The molecule has 206 valence electrons. The van der Waals surface area contributed by atoms with Gasteiger partial charge in [-0.05, 0) is 37.3 Å². The number of aromatic nitrogens is 2. The van der Waals surface area contributed by atoms with E-state index in [9.17, 15) is 18.8 Å². The summed E-state index contributed by atoms with van der Waals surface area (Å²) in [7, 11) is 0. The lowest BCUT2D eigenvalue weighted by molar-refractivity contribution is -0.145. The van der Waals surface area contributed by atoms with E-state index in [4.69, 9.17) is 25.5 Å². The second-order valence-electron chi connectivity index (χ2n) is 8.39. The average Bonchev–Trinajstić information content (AvgIpc) is 3.39. The molecule has 1 saturated heterocycles. The van der Waals surface area contributed by atoms with Crippen molar-refractivity contribution in [3.63, 3.8) is 0 Å². The highest BCUT2D eigenvalue weighted by Gasteiger charge is 2.20. The van der Waals surface area contributed by atoms with Gasteiger partial charge in [-0.1, -0.05) is 16.7 Å². The lowest BCUT2D eigenvalue weighted by Gasteiger charge is -2.35. The molecule has 1 fully saturated rings. The van der Waals surface area contributed by atoms with Gasteiger partial charge in [-0.25, -0.2) is 9.18 Å². The van der Waals surface area contributed by atoms with Gasteiger partial charge >= 0.3 is 23.8 Å². The van der Waals surface area contributed by atoms with Crippen LogP contribution in [0, 0.1) is 5.82 Å². The number of hydrogen-bond acceptors (Lipinski definition) is 10. The van der Waals surface area contributed by atoms with Crippen molar-refractivity contribution >= 4 is 52.5 Å². The number of carbonyl (C=O) groups is 3. The number of halogens is 2. The molecule has 4 rings (SSSR count). The third-order valence-corrected chi connectivity index (χ3v) is 6.04. The number of anilines is 4. The first-order valence-corrected chi connectivity index (χ1v) is 12.4. The summed E-state index contributed by atoms with van der Waals surface area (Å²) >= 11 is 5.99. The highest BCUT2D eigenvalue weighted by molar-refractivity contribution is 6.32. The van der Waals surface area contributed by atoms with Crippen LogP contribution in [0.25, 0.3) is 0 Å². The Morgan fingerprint density at radius 2 is 1.82 bits per heavy atom. The normalized spacial score (nSPS) is 13.1. The molecule has 1 aliphatic heterocycles. The maximum atomic E-state index is 14.4. The fraction of sp³-hybridized carbons (Fsp3) is 0.320. The molecule has 14 heteroatoms. The summed E-state index contributed by atoms with van der Waals surface area (Å²) in [6.45, 7) is 5.74. The van der Waals surface area contributed by atoms with Crippen LogP contribution in [0.1, 0.15) is 24.5 Å². The van der Waals surface area contributed by atoms with Crippen molar-refractivity contribution in [3.05, 3.63) is 53.1 Å². The number of amides is 2. The van der Waals surface area contributed by atoms with E-state index >= 15 is 0 Å². The predicted molar refractivity (Wildman–Crippen MR) is 140 cm³/mol. The quantitative estimate of drug-likeness (QED) is 0.374. The van der Waals surface area contributed by atoms with E-state index in [0.29, 0.717) is 18.8 Å². The van der Waals surface area contributed by atoms with Gasteiger partial charge in [-0.3, -0.25) is 9.59 Å². The van der Waals surface area contributed by atoms with E-state index in [2.05, 4.69) is 25.7 Å². The first-order valence-electron chi connectivity index (χ1n) is 12.0. The first kappa shape index (κ1) is 27.6. The standard InChI is InChI=1S/C25H26ClFN6O6/c1-3-37-22(35)14-38-21-13-20(19(27)12-18(21)26)29-25-31-30-24(39-25)23(36)28-16-4-6-17(7-5-16)33-10-8-32(9-11-33)15(2)34/h4-7,12-13H,3,8-11,14H2,1-2H3,(H,28,36)(H,29,31). The summed E-state index contributed by atoms with van der Waals surface area (Å²) in [5.41, 5.74) is 1.34. The van der Waals surface area contributed by atoms with E-state index in [1.165, 1.54) is 6.07 Å². The van der Waals surface area contributed by atoms with Crippen LogP contribution in [0.2, 0.25) is 5.02 Å². The lowest BCUT2D eigenvalue weighted by Crippen LogP contribution is -2.48. The minimum Gasteiger partial charge on any atom is -0.480 e. The molecule has 1 aromatic heterocycles. The molecule has 0 saturated carbocycles. The zero-order valence-electron chi connectivity index (χ0n) is 21.2. The van der Waals surface area contributed by atoms with E-state index in [1.54, 1.807) is 30.9 Å². The Balaban J connectivity index is 1.35. The number of ether oxygens (including phenoxy) is 2. The Morgan fingerprint density at radius 1 is 1.10 bits per heavy atom. The Labute approximate surface area is 228 Å². The van der Waals surface area contributed by atoms with Crippen LogP contribution >= 0.6 is 11.6 Å². The number of esters is 1. The Kier molecular flexibility index (Phi) is 8.81. The van der Waals surface area contributed by atoms with Gasteiger partial charge in [0.1, 0.15) is 11.6 Å². The zero-order valence-corrected chi connectivity index (χ0v) is 22.0. The van der Waals surface area contributed by atoms with E-state index in [0.717, 1.165) is 24.8 Å². The Bertz CT molecular complexity index is 1340. The summed E-state index contributed by atoms with van der Waals surface area (Å²) in [5.74, 6) is -2.29. The molecule has 1 aliphatic rings. The second kappa shape index (κ2) is 12.4. The van der Waals surface area contributed by atoms with Crippen molar-refractivity contribution < 1.29 is 32.7 Å². The number of hydrogen-bond donors (Lipinski definition) is 2. The van der Waals surface area contributed by atoms with Gasteiger partial charge in [0, 0.05) is 50.5 Å². The van der Waals surface area contributed by atoms with Crippen LogP contribution in [0.3, 0.4) is 0 Å². The van der Waals surface area contributed by atoms with Crippen LogP contribution in [-0.2, 0) is 14.3 Å². The number of carbonyl (C=O) groups excluding carboxylic acids is 3. The van der Waals surface area contributed by atoms with E-state index in [1.807, 2.05) is 12.1 Å². The number of piperazine rings is 1. The average molecular weight is 561 g/mol. The fourth-order valence-corrected chi connectivity index (χ4v) is 3.98. The van der Waals surface area contributed by atoms with Crippen molar-refractivity contribution in [2.24, 2.45) is 0 Å². The maximum absolute atomic E-state index is 14.4. The molecule has 39 heavy (non-hydrogen) atoms. The minimum absolute atomic E-state index is 0.0234. The molecule has 2 amide bonds. The molecule has 0 unspecified atom stereocenters. The molecule has 2 N–H and O–H groups in total. The smallest absolute Gasteiger partial charge is 0.344 e. The van der Waals surface area contributed by atoms with Crippen molar-refractivity contribution in [1.82, 2.24) is 15.1 Å². The van der Waals surface area contributed by atoms with Crippen LogP contribution in [-0.4, -0.2) is 72.3 Å². The van der Waals surface area contributed by atoms with Gasteiger partial charge in [0.25, 0.3) is 0 Å².